The topological polar surface area (TPSA) is 149 Å². The number of hydrogen-bond donors (Lipinski definition) is 4. The van der Waals surface area contributed by atoms with Crippen LogP contribution in [0.25, 0.3) is 10.8 Å². The van der Waals surface area contributed by atoms with Gasteiger partial charge in [-0.05, 0) is 88.4 Å². The molecule has 12 nitrogen and oxygen atoms in total. The minimum absolute atomic E-state index is 0.165. The van der Waals surface area contributed by atoms with Crippen molar-refractivity contribution in [3.8, 4) is 23.0 Å². The summed E-state index contributed by atoms with van der Waals surface area (Å²) in [5.41, 5.74) is 5.66. The van der Waals surface area contributed by atoms with Gasteiger partial charge in [-0.3, -0.25) is 5.43 Å². The molecule has 0 bridgehead atoms. The predicted octanol–water partition coefficient (Wildman–Crippen LogP) is 6.10. The van der Waals surface area contributed by atoms with Crippen LogP contribution in [0.3, 0.4) is 0 Å². The number of methoxy groups -OCH3 is 1. The van der Waals surface area contributed by atoms with Gasteiger partial charge in [-0.25, -0.2) is 9.59 Å². The Bertz CT molecular complexity index is 1910. The molecule has 0 fully saturated rings. The molecule has 1 aliphatic heterocycles. The van der Waals surface area contributed by atoms with Crippen LogP contribution in [-0.2, 0) is 16.1 Å². The first-order valence-electron chi connectivity index (χ1n) is 16.0. The van der Waals surface area contributed by atoms with E-state index in [1.54, 1.807) is 31.3 Å². The summed E-state index contributed by atoms with van der Waals surface area (Å²) in [7, 11) is 1.28. The van der Waals surface area contributed by atoms with Crippen molar-refractivity contribution in [3.63, 3.8) is 0 Å². The lowest BCUT2D eigenvalue weighted by Gasteiger charge is -2.28. The molecule has 0 spiro atoms. The van der Waals surface area contributed by atoms with E-state index in [9.17, 15) is 14.7 Å². The molecular weight excluding hydrogens is 708 g/mol. The van der Waals surface area contributed by atoms with Gasteiger partial charge >= 0.3 is 12.0 Å². The van der Waals surface area contributed by atoms with Crippen molar-refractivity contribution in [1.82, 2.24) is 16.1 Å². The second kappa shape index (κ2) is 16.9. The molecular formula is C37H39BrN4O8. The highest BCUT2D eigenvalue weighted by atomic mass is 79.9. The van der Waals surface area contributed by atoms with Crippen molar-refractivity contribution in [2.45, 2.75) is 39.6 Å². The first-order valence-corrected chi connectivity index (χ1v) is 16.8. The van der Waals surface area contributed by atoms with Crippen molar-refractivity contribution in [1.29, 1.82) is 0 Å². The minimum atomic E-state index is -1.17. The first kappa shape index (κ1) is 36.0. The lowest BCUT2D eigenvalue weighted by molar-refractivity contribution is -0.136. The van der Waals surface area contributed by atoms with Gasteiger partial charge in [-0.2, -0.15) is 5.10 Å². The normalized spacial score (nSPS) is 14.9. The molecule has 0 aliphatic carbocycles. The quantitative estimate of drug-likeness (QED) is 0.0490. The van der Waals surface area contributed by atoms with Crippen molar-refractivity contribution >= 4 is 44.9 Å². The van der Waals surface area contributed by atoms with Crippen molar-refractivity contribution < 1.29 is 38.4 Å². The maximum absolute atomic E-state index is 12.5. The minimum Gasteiger partial charge on any atom is -0.490 e. The molecule has 1 heterocycles. The van der Waals surface area contributed by atoms with Crippen molar-refractivity contribution in [2.24, 2.45) is 5.10 Å². The Kier molecular flexibility index (Phi) is 12.2. The fraction of sp³-hybridized carbons (Fsp3) is 0.270. The molecule has 4 aromatic rings. The first-order chi connectivity index (χ1) is 24.2. The third-order valence-electron chi connectivity index (χ3n) is 7.69. The molecule has 0 aromatic heterocycles. The number of urea groups is 1. The van der Waals surface area contributed by atoms with Gasteiger partial charge in [0.15, 0.2) is 29.2 Å². The largest absolute Gasteiger partial charge is 0.490 e. The lowest BCUT2D eigenvalue weighted by atomic mass is 9.95. The smallest absolute Gasteiger partial charge is 0.337 e. The van der Waals surface area contributed by atoms with E-state index in [-0.39, 0.29) is 12.2 Å². The zero-order valence-corrected chi connectivity index (χ0v) is 29.7. The van der Waals surface area contributed by atoms with Crippen LogP contribution in [0.4, 0.5) is 4.79 Å². The van der Waals surface area contributed by atoms with E-state index in [0.717, 1.165) is 16.3 Å². The summed E-state index contributed by atoms with van der Waals surface area (Å²) in [6, 6.07) is 21.8. The van der Waals surface area contributed by atoms with Gasteiger partial charge < -0.3 is 39.4 Å². The Morgan fingerprint density at radius 1 is 0.980 bits per heavy atom. The molecule has 4 N–H and O–H groups in total. The number of carbonyl (C=O) groups is 2. The number of amides is 2. The number of rotatable bonds is 15. The molecule has 262 valence electrons. The summed E-state index contributed by atoms with van der Waals surface area (Å²) in [6.45, 7) is 6.30. The number of allylic oxidation sites excluding steroid dienone is 1. The second-order valence-corrected chi connectivity index (χ2v) is 12.0. The number of benzene rings is 4. The van der Waals surface area contributed by atoms with E-state index in [0.29, 0.717) is 64.1 Å². The number of aliphatic hydroxyl groups is 1. The second-order valence-electron chi connectivity index (χ2n) is 11.1. The number of hydrazone groups is 1. The summed E-state index contributed by atoms with van der Waals surface area (Å²) in [5.74, 6) is 1.27. The van der Waals surface area contributed by atoms with E-state index < -0.39 is 24.3 Å². The molecule has 5 rings (SSSR count). The number of ether oxygens (including phenoxy) is 5. The van der Waals surface area contributed by atoms with Crippen LogP contribution in [0.5, 0.6) is 23.0 Å². The van der Waals surface area contributed by atoms with E-state index >= 15 is 0 Å². The summed E-state index contributed by atoms with van der Waals surface area (Å²) in [4.78, 5) is 24.7. The van der Waals surface area contributed by atoms with Crippen molar-refractivity contribution in [2.75, 3.05) is 26.9 Å². The van der Waals surface area contributed by atoms with E-state index in [1.807, 2.05) is 50.2 Å². The predicted molar refractivity (Wildman–Crippen MR) is 193 cm³/mol. The van der Waals surface area contributed by atoms with Gasteiger partial charge in [0.1, 0.15) is 13.2 Å². The van der Waals surface area contributed by atoms with Gasteiger partial charge in [-0.15, -0.1) is 0 Å². The summed E-state index contributed by atoms with van der Waals surface area (Å²) < 4.78 is 29.4. The third kappa shape index (κ3) is 8.65. The molecule has 1 aliphatic rings. The Labute approximate surface area is 298 Å². The molecule has 50 heavy (non-hydrogen) atoms. The molecule has 4 aromatic carbocycles. The Morgan fingerprint density at radius 2 is 1.74 bits per heavy atom. The highest BCUT2D eigenvalue weighted by molar-refractivity contribution is 9.10. The van der Waals surface area contributed by atoms with E-state index in [2.05, 4.69) is 55.3 Å². The van der Waals surface area contributed by atoms with Crippen LogP contribution < -0.4 is 35.0 Å². The molecule has 0 saturated heterocycles. The van der Waals surface area contributed by atoms with Gasteiger partial charge in [0.05, 0.1) is 42.6 Å². The standard InChI is InChI=1S/C37H39BrN4O8/c1-5-47-30-18-25(34-33(36(44)46-4)22(3)40-37(45)41-34)14-15-29(30)49-21-32(43)42-39-19-23-16-28(38)35(31(17-23)48-6-2)50-20-26-12-9-11-24-10-7-8-13-27(24)26/h7-19,32,34,42-43H,5-6,20-21H2,1-4H3,(H2,40,41,45)/b39-19+/t32-,34-/m0/s1. The van der Waals surface area contributed by atoms with E-state index in [1.165, 1.54) is 7.11 Å². The van der Waals surface area contributed by atoms with Crippen LogP contribution in [0.15, 0.2) is 93.6 Å². The third-order valence-corrected chi connectivity index (χ3v) is 8.28. The Balaban J connectivity index is 1.23. The lowest BCUT2D eigenvalue weighted by Crippen LogP contribution is -2.45. The van der Waals surface area contributed by atoms with Gasteiger partial charge in [0.25, 0.3) is 0 Å². The molecule has 0 saturated carbocycles. The van der Waals surface area contributed by atoms with Crippen LogP contribution in [0, 0.1) is 0 Å². The highest BCUT2D eigenvalue weighted by Crippen LogP contribution is 2.38. The van der Waals surface area contributed by atoms with Gasteiger partial charge in [0.2, 0.25) is 0 Å². The molecule has 2 atom stereocenters. The average Bonchev–Trinajstić information content (AvgIpc) is 3.10. The Morgan fingerprint density at radius 3 is 2.52 bits per heavy atom. The molecule has 0 radical (unpaired) electrons. The van der Waals surface area contributed by atoms with Gasteiger partial charge in [0, 0.05) is 5.70 Å². The number of hydrogen-bond acceptors (Lipinski definition) is 10. The number of halogens is 1. The zero-order chi connectivity index (χ0) is 35.6. The van der Waals surface area contributed by atoms with E-state index in [4.69, 9.17) is 23.7 Å². The van der Waals surface area contributed by atoms with Gasteiger partial charge in [-0.1, -0.05) is 48.5 Å². The SMILES string of the molecule is CCOc1cc([C@@H]2NC(=O)NC(C)=C2C(=O)OC)ccc1OC[C@H](O)N/N=C/c1cc(Br)c(OCc2cccc3ccccc23)c(OCC)c1. The summed E-state index contributed by atoms with van der Waals surface area (Å²) >= 11 is 3.62. The summed E-state index contributed by atoms with van der Waals surface area (Å²) in [6.07, 6.45) is 0.381. The van der Waals surface area contributed by atoms with Crippen LogP contribution in [0.1, 0.15) is 43.5 Å². The number of nitrogens with zero attached hydrogens (tertiary/aromatic N) is 1. The fourth-order valence-corrected chi connectivity index (χ4v) is 6.03. The number of carbonyl (C=O) groups excluding carboxylic acids is 2. The average molecular weight is 748 g/mol. The highest BCUT2D eigenvalue weighted by Gasteiger charge is 2.32. The van der Waals surface area contributed by atoms with Crippen molar-refractivity contribution in [3.05, 3.63) is 105 Å². The molecule has 2 amide bonds. The molecule has 0 unspecified atom stereocenters. The van der Waals surface area contributed by atoms with Crippen LogP contribution in [0.2, 0.25) is 0 Å². The number of aliphatic hydroxyl groups excluding tert-OH is 1. The zero-order valence-electron chi connectivity index (χ0n) is 28.1. The maximum atomic E-state index is 12.5. The van der Waals surface area contributed by atoms with Crippen LogP contribution >= 0.6 is 15.9 Å². The maximum Gasteiger partial charge on any atom is 0.337 e. The Hall–Kier alpha value is -5.27. The fourth-order valence-electron chi connectivity index (χ4n) is 5.45. The molecule has 13 heteroatoms. The number of fused-ring (bicyclic) bond motifs is 1. The van der Waals surface area contributed by atoms with Crippen LogP contribution in [-0.4, -0.2) is 56.5 Å². The number of esters is 1. The number of nitrogens with one attached hydrogen (secondary N) is 3. The summed E-state index contributed by atoms with van der Waals surface area (Å²) in [5, 5.41) is 22.4. The monoisotopic (exact) mass is 746 g/mol.